The van der Waals surface area contributed by atoms with E-state index in [9.17, 15) is 14.7 Å². The number of nitrogens with zero attached hydrogens (tertiary/aromatic N) is 1. The molecule has 4 aromatic rings. The van der Waals surface area contributed by atoms with Gasteiger partial charge in [-0.05, 0) is 29.8 Å². The quantitative estimate of drug-likeness (QED) is 0.602. The van der Waals surface area contributed by atoms with Gasteiger partial charge in [0.15, 0.2) is 5.43 Å². The summed E-state index contributed by atoms with van der Waals surface area (Å²) in [4.78, 5) is 28.1. The Kier molecular flexibility index (Phi) is 3.82. The summed E-state index contributed by atoms with van der Waals surface area (Å²) in [6, 6.07) is 17.0. The summed E-state index contributed by atoms with van der Waals surface area (Å²) in [5.74, 6) is -0.688. The molecule has 4 rings (SSSR count). The SMILES string of the molecule is O=C(O)c1cc(-c2ccccc2)c2oc(-c3ccncc3)cc(=O)c2c1. The highest BCUT2D eigenvalue weighted by Gasteiger charge is 2.16. The third-order valence-corrected chi connectivity index (χ3v) is 4.13. The van der Waals surface area contributed by atoms with Gasteiger partial charge in [-0.15, -0.1) is 0 Å². The van der Waals surface area contributed by atoms with E-state index in [1.54, 1.807) is 24.5 Å². The lowest BCUT2D eigenvalue weighted by Gasteiger charge is -2.10. The molecule has 2 aromatic heterocycles. The van der Waals surface area contributed by atoms with Gasteiger partial charge in [-0.2, -0.15) is 0 Å². The van der Waals surface area contributed by atoms with Crippen LogP contribution in [0.2, 0.25) is 0 Å². The van der Waals surface area contributed by atoms with Crippen LogP contribution in [0.15, 0.2) is 82.3 Å². The molecule has 0 atom stereocenters. The van der Waals surface area contributed by atoms with Crippen LogP contribution >= 0.6 is 0 Å². The van der Waals surface area contributed by atoms with E-state index in [0.29, 0.717) is 16.9 Å². The van der Waals surface area contributed by atoms with Crippen molar-refractivity contribution in [3.8, 4) is 22.5 Å². The Bertz CT molecular complexity index is 1170. The van der Waals surface area contributed by atoms with Crippen LogP contribution in [-0.4, -0.2) is 16.1 Å². The van der Waals surface area contributed by atoms with Crippen LogP contribution in [0.3, 0.4) is 0 Å². The van der Waals surface area contributed by atoms with Gasteiger partial charge in [-0.25, -0.2) is 4.79 Å². The van der Waals surface area contributed by atoms with Gasteiger partial charge in [0.1, 0.15) is 11.3 Å². The number of hydrogen-bond acceptors (Lipinski definition) is 4. The van der Waals surface area contributed by atoms with Crippen LogP contribution in [0.5, 0.6) is 0 Å². The van der Waals surface area contributed by atoms with Crippen molar-refractivity contribution in [2.45, 2.75) is 0 Å². The number of carboxylic acid groups (broad SMARTS) is 1. The zero-order chi connectivity index (χ0) is 18.1. The van der Waals surface area contributed by atoms with Gasteiger partial charge in [0.2, 0.25) is 0 Å². The molecular formula is C21H13NO4. The van der Waals surface area contributed by atoms with Crippen molar-refractivity contribution in [1.29, 1.82) is 0 Å². The highest BCUT2D eigenvalue weighted by Crippen LogP contribution is 2.31. The van der Waals surface area contributed by atoms with E-state index in [0.717, 1.165) is 11.1 Å². The molecule has 0 unspecified atom stereocenters. The maximum atomic E-state index is 12.7. The molecule has 0 amide bonds. The van der Waals surface area contributed by atoms with Crippen molar-refractivity contribution in [3.05, 3.63) is 88.8 Å². The number of rotatable bonds is 3. The molecule has 1 N–H and O–H groups in total. The lowest BCUT2D eigenvalue weighted by Crippen LogP contribution is -2.05. The molecule has 0 spiro atoms. The third kappa shape index (κ3) is 2.75. The Labute approximate surface area is 148 Å². The Morgan fingerprint density at radius 2 is 1.65 bits per heavy atom. The van der Waals surface area contributed by atoms with Crippen LogP contribution in [0.1, 0.15) is 10.4 Å². The number of carboxylic acids is 1. The number of pyridine rings is 1. The van der Waals surface area contributed by atoms with E-state index < -0.39 is 5.97 Å². The van der Waals surface area contributed by atoms with Crippen LogP contribution in [0.25, 0.3) is 33.4 Å². The average molecular weight is 343 g/mol. The molecule has 2 heterocycles. The largest absolute Gasteiger partial charge is 0.478 e. The monoisotopic (exact) mass is 343 g/mol. The number of aromatic nitrogens is 1. The minimum absolute atomic E-state index is 0.0420. The summed E-state index contributed by atoms with van der Waals surface area (Å²) >= 11 is 0. The van der Waals surface area contributed by atoms with E-state index in [1.807, 2.05) is 30.3 Å². The number of carbonyl (C=O) groups is 1. The molecule has 0 fully saturated rings. The standard InChI is InChI=1S/C21H13NO4/c23-18-12-19(14-6-8-22-9-7-14)26-20-16(13-4-2-1-3-5-13)10-15(21(24)25)11-17(18)20/h1-12H,(H,24,25). The van der Waals surface area contributed by atoms with E-state index in [-0.39, 0.29) is 16.4 Å². The second-order valence-electron chi connectivity index (χ2n) is 5.78. The maximum Gasteiger partial charge on any atom is 0.335 e. The summed E-state index contributed by atoms with van der Waals surface area (Å²) in [7, 11) is 0. The molecule has 2 aromatic carbocycles. The van der Waals surface area contributed by atoms with Gasteiger partial charge in [-0.3, -0.25) is 9.78 Å². The van der Waals surface area contributed by atoms with Crippen molar-refractivity contribution < 1.29 is 14.3 Å². The molecule has 0 aliphatic carbocycles. The molecular weight excluding hydrogens is 330 g/mol. The van der Waals surface area contributed by atoms with Crippen molar-refractivity contribution in [2.24, 2.45) is 0 Å². The second kappa shape index (κ2) is 6.29. The summed E-state index contributed by atoms with van der Waals surface area (Å²) in [5, 5.41) is 9.64. The first-order valence-electron chi connectivity index (χ1n) is 7.94. The summed E-state index contributed by atoms with van der Waals surface area (Å²) < 4.78 is 6.03. The minimum Gasteiger partial charge on any atom is -0.478 e. The number of benzene rings is 2. The third-order valence-electron chi connectivity index (χ3n) is 4.13. The minimum atomic E-state index is -1.10. The molecule has 5 nitrogen and oxygen atoms in total. The van der Waals surface area contributed by atoms with Crippen molar-refractivity contribution in [2.75, 3.05) is 0 Å². The number of aromatic carboxylic acids is 1. The van der Waals surface area contributed by atoms with Crippen molar-refractivity contribution >= 4 is 16.9 Å². The maximum absolute atomic E-state index is 12.7. The first-order chi connectivity index (χ1) is 12.6. The highest BCUT2D eigenvalue weighted by molar-refractivity contribution is 6.00. The smallest absolute Gasteiger partial charge is 0.335 e. The molecule has 5 heteroatoms. The molecule has 0 saturated heterocycles. The summed E-state index contributed by atoms with van der Waals surface area (Å²) in [6.45, 7) is 0. The first kappa shape index (κ1) is 15.8. The fourth-order valence-electron chi connectivity index (χ4n) is 2.87. The van der Waals surface area contributed by atoms with Crippen LogP contribution < -0.4 is 5.43 Å². The fraction of sp³-hybridized carbons (Fsp3) is 0. The Balaban J connectivity index is 2.08. The predicted octanol–water partition coefficient (Wildman–Crippen LogP) is 4.22. The van der Waals surface area contributed by atoms with Crippen LogP contribution in [0.4, 0.5) is 0 Å². The Hall–Kier alpha value is -3.73. The van der Waals surface area contributed by atoms with E-state index in [4.69, 9.17) is 4.42 Å². The fourth-order valence-corrected chi connectivity index (χ4v) is 2.87. The van der Waals surface area contributed by atoms with E-state index >= 15 is 0 Å². The summed E-state index contributed by atoms with van der Waals surface area (Å²) in [5.41, 5.74) is 2.17. The zero-order valence-electron chi connectivity index (χ0n) is 13.5. The summed E-state index contributed by atoms with van der Waals surface area (Å²) in [6.07, 6.45) is 3.23. The second-order valence-corrected chi connectivity index (χ2v) is 5.78. The lowest BCUT2D eigenvalue weighted by atomic mass is 9.99. The molecule has 26 heavy (non-hydrogen) atoms. The van der Waals surface area contributed by atoms with Gasteiger partial charge in [0, 0.05) is 29.6 Å². The Morgan fingerprint density at radius 1 is 0.923 bits per heavy atom. The van der Waals surface area contributed by atoms with Crippen LogP contribution in [-0.2, 0) is 0 Å². The average Bonchev–Trinajstić information content (AvgIpc) is 2.68. The Morgan fingerprint density at radius 3 is 2.35 bits per heavy atom. The van der Waals surface area contributed by atoms with E-state index in [1.165, 1.54) is 18.2 Å². The van der Waals surface area contributed by atoms with Gasteiger partial charge < -0.3 is 9.52 Å². The van der Waals surface area contributed by atoms with Crippen molar-refractivity contribution in [1.82, 2.24) is 4.98 Å². The van der Waals surface area contributed by atoms with Gasteiger partial charge in [0.25, 0.3) is 0 Å². The lowest BCUT2D eigenvalue weighted by molar-refractivity contribution is 0.0697. The van der Waals surface area contributed by atoms with Gasteiger partial charge in [0.05, 0.1) is 10.9 Å². The first-order valence-corrected chi connectivity index (χ1v) is 7.94. The number of hydrogen-bond donors (Lipinski definition) is 1. The van der Waals surface area contributed by atoms with E-state index in [2.05, 4.69) is 4.98 Å². The zero-order valence-corrected chi connectivity index (χ0v) is 13.5. The van der Waals surface area contributed by atoms with Gasteiger partial charge >= 0.3 is 5.97 Å². The van der Waals surface area contributed by atoms with Crippen molar-refractivity contribution in [3.63, 3.8) is 0 Å². The molecule has 0 radical (unpaired) electrons. The van der Waals surface area contributed by atoms with Crippen LogP contribution in [0, 0.1) is 0 Å². The number of fused-ring (bicyclic) bond motifs is 1. The molecule has 0 aliphatic heterocycles. The molecule has 0 saturated carbocycles. The van der Waals surface area contributed by atoms with Gasteiger partial charge in [-0.1, -0.05) is 30.3 Å². The highest BCUT2D eigenvalue weighted by atomic mass is 16.4. The molecule has 0 aliphatic rings. The molecule has 126 valence electrons. The normalized spacial score (nSPS) is 10.8. The predicted molar refractivity (Wildman–Crippen MR) is 98.1 cm³/mol. The molecule has 0 bridgehead atoms. The topological polar surface area (TPSA) is 80.4 Å².